The Bertz CT molecular complexity index is 884. The smallest absolute Gasteiger partial charge is 0.240 e. The standard InChI is InChI=1S/C25H39N5OS/c1-19(2)28-11-6-12-29(15-14-28)23(9-16-32-3)25(31)30-13-10-26-18-24(30)21-17-27-22-8-5-4-7-20(21)22/h4-5,7-8,17,19,23-24,26-27H,6,9-16,18H2,1-3H3/t23-,24-/m1/s1. The average Bonchev–Trinajstić information content (AvgIpc) is 3.08. The normalized spacial score (nSPS) is 22.4. The first-order chi connectivity index (χ1) is 15.6. The molecule has 2 N–H and O–H groups in total. The lowest BCUT2D eigenvalue weighted by Crippen LogP contribution is -2.56. The number of H-pyrrole nitrogens is 1. The molecule has 2 aliphatic heterocycles. The second-order valence-electron chi connectivity index (χ2n) is 9.36. The van der Waals surface area contributed by atoms with E-state index in [2.05, 4.69) is 75.6 Å². The molecule has 176 valence electrons. The van der Waals surface area contributed by atoms with Gasteiger partial charge in [0.1, 0.15) is 0 Å². The highest BCUT2D eigenvalue weighted by Gasteiger charge is 2.36. The molecule has 0 aliphatic carbocycles. The summed E-state index contributed by atoms with van der Waals surface area (Å²) < 4.78 is 0. The number of nitrogens with zero attached hydrogens (tertiary/aromatic N) is 3. The molecular weight excluding hydrogens is 418 g/mol. The van der Waals surface area contributed by atoms with Gasteiger partial charge in [-0.05, 0) is 51.3 Å². The number of aromatic nitrogens is 1. The first kappa shape index (κ1) is 23.6. The molecule has 1 aromatic heterocycles. The van der Waals surface area contributed by atoms with Crippen molar-refractivity contribution in [3.8, 4) is 0 Å². The Balaban J connectivity index is 1.57. The molecule has 2 saturated heterocycles. The van der Waals surface area contributed by atoms with Crippen molar-refractivity contribution in [3.05, 3.63) is 36.0 Å². The van der Waals surface area contributed by atoms with Gasteiger partial charge in [0.15, 0.2) is 0 Å². The lowest BCUT2D eigenvalue weighted by atomic mass is 10.0. The van der Waals surface area contributed by atoms with Crippen LogP contribution in [0.3, 0.4) is 0 Å². The molecule has 0 bridgehead atoms. The Kier molecular flexibility index (Phi) is 8.16. The van der Waals surface area contributed by atoms with Crippen LogP contribution in [0.5, 0.6) is 0 Å². The zero-order valence-corrected chi connectivity index (χ0v) is 20.7. The summed E-state index contributed by atoms with van der Waals surface area (Å²) >= 11 is 1.84. The minimum absolute atomic E-state index is 0.0274. The third-order valence-electron chi connectivity index (χ3n) is 7.12. The van der Waals surface area contributed by atoms with Crippen LogP contribution in [0, 0.1) is 0 Å². The van der Waals surface area contributed by atoms with Gasteiger partial charge in [0, 0.05) is 68.0 Å². The van der Waals surface area contributed by atoms with Crippen molar-refractivity contribution in [2.75, 3.05) is 57.8 Å². The summed E-state index contributed by atoms with van der Waals surface area (Å²) in [6, 6.07) is 9.03. The molecule has 2 atom stereocenters. The highest BCUT2D eigenvalue weighted by atomic mass is 32.2. The van der Waals surface area contributed by atoms with E-state index in [1.807, 2.05) is 11.8 Å². The summed E-state index contributed by atoms with van der Waals surface area (Å²) in [6.45, 7) is 11.2. The van der Waals surface area contributed by atoms with Gasteiger partial charge in [-0.3, -0.25) is 14.6 Å². The number of amides is 1. The molecule has 0 unspecified atom stereocenters. The maximum Gasteiger partial charge on any atom is 0.240 e. The van der Waals surface area contributed by atoms with Gasteiger partial charge >= 0.3 is 0 Å². The Morgan fingerprint density at radius 3 is 2.72 bits per heavy atom. The zero-order chi connectivity index (χ0) is 22.5. The Labute approximate surface area is 197 Å². The molecule has 1 amide bonds. The number of aromatic amines is 1. The summed E-state index contributed by atoms with van der Waals surface area (Å²) in [5.41, 5.74) is 2.37. The maximum absolute atomic E-state index is 14.1. The number of benzene rings is 1. The van der Waals surface area contributed by atoms with Gasteiger partial charge in [-0.2, -0.15) is 11.8 Å². The van der Waals surface area contributed by atoms with Crippen molar-refractivity contribution < 1.29 is 4.79 Å². The number of para-hydroxylation sites is 1. The molecular formula is C25H39N5OS. The molecule has 3 heterocycles. The highest BCUT2D eigenvalue weighted by molar-refractivity contribution is 7.98. The van der Waals surface area contributed by atoms with Gasteiger partial charge in [-0.15, -0.1) is 0 Å². The van der Waals surface area contributed by atoms with Crippen LogP contribution in [0.2, 0.25) is 0 Å². The third-order valence-corrected chi connectivity index (χ3v) is 7.77. The van der Waals surface area contributed by atoms with Crippen LogP contribution >= 0.6 is 11.8 Å². The van der Waals surface area contributed by atoms with Crippen LogP contribution in [0.15, 0.2) is 30.5 Å². The Hall–Kier alpha value is -1.54. The van der Waals surface area contributed by atoms with Crippen molar-refractivity contribution in [1.82, 2.24) is 25.0 Å². The molecule has 0 saturated carbocycles. The highest BCUT2D eigenvalue weighted by Crippen LogP contribution is 2.30. The Morgan fingerprint density at radius 1 is 1.12 bits per heavy atom. The predicted molar refractivity (Wildman–Crippen MR) is 135 cm³/mol. The molecule has 4 rings (SSSR count). The van der Waals surface area contributed by atoms with Crippen molar-refractivity contribution in [2.45, 2.75) is 44.8 Å². The number of rotatable bonds is 7. The van der Waals surface area contributed by atoms with E-state index in [9.17, 15) is 4.79 Å². The van der Waals surface area contributed by atoms with Crippen molar-refractivity contribution in [3.63, 3.8) is 0 Å². The number of nitrogens with one attached hydrogen (secondary N) is 2. The average molecular weight is 458 g/mol. The van der Waals surface area contributed by atoms with E-state index in [1.54, 1.807) is 0 Å². The third kappa shape index (κ3) is 5.16. The fourth-order valence-corrected chi connectivity index (χ4v) is 5.74. The second kappa shape index (κ2) is 11.1. The lowest BCUT2D eigenvalue weighted by Gasteiger charge is -2.41. The van der Waals surface area contributed by atoms with E-state index < -0.39 is 0 Å². The fourth-order valence-electron chi connectivity index (χ4n) is 5.28. The number of thioether (sulfide) groups is 1. The Morgan fingerprint density at radius 2 is 1.91 bits per heavy atom. The fraction of sp³-hybridized carbons (Fsp3) is 0.640. The van der Waals surface area contributed by atoms with E-state index in [0.717, 1.165) is 69.9 Å². The number of hydrogen-bond donors (Lipinski definition) is 2. The van der Waals surface area contributed by atoms with Gasteiger partial charge < -0.3 is 15.2 Å². The lowest BCUT2D eigenvalue weighted by molar-refractivity contribution is -0.140. The number of carbonyl (C=O) groups excluding carboxylic acids is 1. The number of hydrogen-bond acceptors (Lipinski definition) is 5. The molecule has 2 aliphatic rings. The predicted octanol–water partition coefficient (Wildman–Crippen LogP) is 3.18. The van der Waals surface area contributed by atoms with Gasteiger partial charge in [0.05, 0.1) is 12.1 Å². The van der Waals surface area contributed by atoms with Gasteiger partial charge in [-0.1, -0.05) is 18.2 Å². The molecule has 1 aromatic carbocycles. The molecule has 7 heteroatoms. The summed E-state index contributed by atoms with van der Waals surface area (Å²) in [7, 11) is 0. The summed E-state index contributed by atoms with van der Waals surface area (Å²) in [5, 5.41) is 4.75. The molecule has 2 aromatic rings. The maximum atomic E-state index is 14.1. The van der Waals surface area contributed by atoms with Gasteiger partial charge in [0.25, 0.3) is 0 Å². The molecule has 0 spiro atoms. The first-order valence-electron chi connectivity index (χ1n) is 12.1. The minimum Gasteiger partial charge on any atom is -0.361 e. The van der Waals surface area contributed by atoms with E-state index in [0.29, 0.717) is 11.9 Å². The molecule has 6 nitrogen and oxygen atoms in total. The second-order valence-corrected chi connectivity index (χ2v) is 10.3. The molecule has 32 heavy (non-hydrogen) atoms. The van der Waals surface area contributed by atoms with Crippen molar-refractivity contribution in [1.29, 1.82) is 0 Å². The minimum atomic E-state index is -0.0274. The summed E-state index contributed by atoms with van der Waals surface area (Å²) in [5.74, 6) is 1.33. The summed E-state index contributed by atoms with van der Waals surface area (Å²) in [6.07, 6.45) is 6.30. The monoisotopic (exact) mass is 457 g/mol. The number of piperazine rings is 1. The van der Waals surface area contributed by atoms with E-state index in [4.69, 9.17) is 0 Å². The van der Waals surface area contributed by atoms with E-state index in [-0.39, 0.29) is 12.1 Å². The zero-order valence-electron chi connectivity index (χ0n) is 19.8. The van der Waals surface area contributed by atoms with E-state index >= 15 is 0 Å². The van der Waals surface area contributed by atoms with Gasteiger partial charge in [-0.25, -0.2) is 0 Å². The van der Waals surface area contributed by atoms with Crippen LogP contribution in [-0.4, -0.2) is 95.5 Å². The van der Waals surface area contributed by atoms with Crippen LogP contribution in [0.1, 0.15) is 38.3 Å². The molecule has 2 fully saturated rings. The van der Waals surface area contributed by atoms with Gasteiger partial charge in [0.2, 0.25) is 5.91 Å². The first-order valence-corrected chi connectivity index (χ1v) is 13.5. The topological polar surface area (TPSA) is 54.6 Å². The van der Waals surface area contributed by atoms with Crippen LogP contribution in [0.25, 0.3) is 10.9 Å². The number of carbonyl (C=O) groups is 1. The molecule has 0 radical (unpaired) electrons. The SMILES string of the molecule is CSCC[C@H](C(=O)N1CCNC[C@@H]1c1c[nH]c2ccccc12)N1CCCN(C(C)C)CC1. The largest absolute Gasteiger partial charge is 0.361 e. The summed E-state index contributed by atoms with van der Waals surface area (Å²) in [4.78, 5) is 24.7. The van der Waals surface area contributed by atoms with Crippen LogP contribution < -0.4 is 5.32 Å². The van der Waals surface area contributed by atoms with Crippen molar-refractivity contribution >= 4 is 28.6 Å². The van der Waals surface area contributed by atoms with Crippen LogP contribution in [0.4, 0.5) is 0 Å². The number of fused-ring (bicyclic) bond motifs is 1. The quantitative estimate of drug-likeness (QED) is 0.669. The van der Waals surface area contributed by atoms with E-state index in [1.165, 1.54) is 10.9 Å². The van der Waals surface area contributed by atoms with Crippen LogP contribution in [-0.2, 0) is 4.79 Å². The van der Waals surface area contributed by atoms with Crippen molar-refractivity contribution in [2.24, 2.45) is 0 Å².